The maximum Gasteiger partial charge on any atom is 0.342 e. The van der Waals surface area contributed by atoms with Crippen molar-refractivity contribution >= 4 is 29.2 Å². The van der Waals surface area contributed by atoms with E-state index in [0.29, 0.717) is 6.54 Å². The number of carbonyl (C=O) groups is 2. The van der Waals surface area contributed by atoms with Gasteiger partial charge in [-0.1, -0.05) is 31.4 Å². The number of nitrogens with one attached hydrogen (secondary N) is 2. The lowest BCUT2D eigenvalue weighted by Crippen LogP contribution is -2.30. The van der Waals surface area contributed by atoms with Crippen molar-refractivity contribution in [1.82, 2.24) is 15.1 Å². The molecule has 6 nitrogen and oxygen atoms in total. The second-order valence-corrected chi connectivity index (χ2v) is 5.57. The molecule has 1 aromatic heterocycles. The Morgan fingerprint density at radius 1 is 1.29 bits per heavy atom. The van der Waals surface area contributed by atoms with Gasteiger partial charge in [0.25, 0.3) is 5.91 Å². The van der Waals surface area contributed by atoms with E-state index in [2.05, 4.69) is 22.7 Å². The van der Waals surface area contributed by atoms with Crippen LogP contribution in [0.15, 0.2) is 30.5 Å². The first-order valence-corrected chi connectivity index (χ1v) is 7.99. The molecule has 2 aromatic rings. The molecule has 0 aliphatic carbocycles. The highest BCUT2D eigenvalue weighted by molar-refractivity contribution is 6.33. The van der Waals surface area contributed by atoms with Crippen LogP contribution in [0.3, 0.4) is 0 Å². The Balaban J connectivity index is 1.96. The SMILES string of the molecule is CCCCCNC(=O)n1ccc(C(=O)Nc2ccc(F)cc2Cl)n1. The molecule has 0 atom stereocenters. The molecule has 8 heteroatoms. The third kappa shape index (κ3) is 4.79. The summed E-state index contributed by atoms with van der Waals surface area (Å²) in [7, 11) is 0. The van der Waals surface area contributed by atoms with Crippen molar-refractivity contribution in [1.29, 1.82) is 0 Å². The van der Waals surface area contributed by atoms with Gasteiger partial charge < -0.3 is 10.6 Å². The summed E-state index contributed by atoms with van der Waals surface area (Å²) in [6.07, 6.45) is 4.38. The predicted octanol–water partition coefficient (Wildman–Crippen LogP) is 3.68. The van der Waals surface area contributed by atoms with Gasteiger partial charge in [0.15, 0.2) is 5.69 Å². The number of nitrogens with zero attached hydrogens (tertiary/aromatic N) is 2. The molecular formula is C16H18ClFN4O2. The zero-order valence-electron chi connectivity index (χ0n) is 13.2. The number of carbonyl (C=O) groups excluding carboxylic acids is 2. The van der Waals surface area contributed by atoms with E-state index in [4.69, 9.17) is 11.6 Å². The normalized spacial score (nSPS) is 10.5. The van der Waals surface area contributed by atoms with Crippen molar-refractivity contribution in [2.45, 2.75) is 26.2 Å². The first-order chi connectivity index (χ1) is 11.5. The van der Waals surface area contributed by atoms with Gasteiger partial charge >= 0.3 is 6.03 Å². The zero-order chi connectivity index (χ0) is 17.5. The highest BCUT2D eigenvalue weighted by Gasteiger charge is 2.14. The second kappa shape index (κ2) is 8.44. The van der Waals surface area contributed by atoms with Crippen LogP contribution >= 0.6 is 11.6 Å². The first kappa shape index (κ1) is 17.9. The molecule has 24 heavy (non-hydrogen) atoms. The largest absolute Gasteiger partial charge is 0.342 e. The van der Waals surface area contributed by atoms with Crippen molar-refractivity contribution in [2.75, 3.05) is 11.9 Å². The Hall–Kier alpha value is -2.41. The number of halogens is 2. The number of aromatic nitrogens is 2. The van der Waals surface area contributed by atoms with E-state index in [1.54, 1.807) is 0 Å². The predicted molar refractivity (Wildman–Crippen MR) is 89.9 cm³/mol. The smallest absolute Gasteiger partial charge is 0.336 e. The molecule has 0 radical (unpaired) electrons. The molecule has 0 unspecified atom stereocenters. The average Bonchev–Trinajstić information content (AvgIpc) is 3.04. The lowest BCUT2D eigenvalue weighted by molar-refractivity contribution is 0.102. The summed E-state index contributed by atoms with van der Waals surface area (Å²) in [4.78, 5) is 24.0. The summed E-state index contributed by atoms with van der Waals surface area (Å²) in [5.74, 6) is -1.04. The van der Waals surface area contributed by atoms with E-state index in [0.717, 1.165) is 30.0 Å². The minimum Gasteiger partial charge on any atom is -0.336 e. The topological polar surface area (TPSA) is 76.0 Å². The fraction of sp³-hybridized carbons (Fsp3) is 0.312. The van der Waals surface area contributed by atoms with Crippen LogP contribution in [0.4, 0.5) is 14.9 Å². The third-order valence-corrected chi connectivity index (χ3v) is 3.58. The van der Waals surface area contributed by atoms with Gasteiger partial charge in [0.2, 0.25) is 0 Å². The number of hydrogen-bond donors (Lipinski definition) is 2. The highest BCUT2D eigenvalue weighted by atomic mass is 35.5. The molecule has 2 amide bonds. The second-order valence-electron chi connectivity index (χ2n) is 5.16. The summed E-state index contributed by atoms with van der Waals surface area (Å²) in [6, 6.07) is 4.65. The van der Waals surface area contributed by atoms with E-state index in [9.17, 15) is 14.0 Å². The van der Waals surface area contributed by atoms with Gasteiger partial charge in [-0.2, -0.15) is 9.78 Å². The van der Waals surface area contributed by atoms with Crippen LogP contribution in [0.5, 0.6) is 0 Å². The summed E-state index contributed by atoms with van der Waals surface area (Å²) in [6.45, 7) is 2.63. The number of benzene rings is 1. The van der Waals surface area contributed by atoms with Crippen molar-refractivity contribution in [3.05, 3.63) is 47.0 Å². The number of anilines is 1. The summed E-state index contributed by atoms with van der Waals surface area (Å²) < 4.78 is 14.1. The van der Waals surface area contributed by atoms with Crippen molar-refractivity contribution in [3.8, 4) is 0 Å². The average molecular weight is 353 g/mol. The monoisotopic (exact) mass is 352 g/mol. The van der Waals surface area contributed by atoms with Crippen molar-refractivity contribution < 1.29 is 14.0 Å². The van der Waals surface area contributed by atoms with Gasteiger partial charge in [0.05, 0.1) is 10.7 Å². The van der Waals surface area contributed by atoms with E-state index in [1.165, 1.54) is 24.4 Å². The molecule has 2 rings (SSSR count). The Labute approximate surface area is 144 Å². The fourth-order valence-electron chi connectivity index (χ4n) is 1.99. The van der Waals surface area contributed by atoms with E-state index < -0.39 is 17.8 Å². The fourth-order valence-corrected chi connectivity index (χ4v) is 2.20. The van der Waals surface area contributed by atoms with Crippen LogP contribution < -0.4 is 10.6 Å². The number of hydrogen-bond acceptors (Lipinski definition) is 3. The molecule has 0 aliphatic rings. The van der Waals surface area contributed by atoms with Crippen LogP contribution in [0.2, 0.25) is 5.02 Å². The van der Waals surface area contributed by atoms with Gasteiger partial charge in [-0.15, -0.1) is 0 Å². The van der Waals surface area contributed by atoms with Crippen LogP contribution in [-0.4, -0.2) is 28.3 Å². The third-order valence-electron chi connectivity index (χ3n) is 3.27. The maximum absolute atomic E-state index is 13.0. The molecule has 0 fully saturated rings. The Kier molecular flexibility index (Phi) is 6.31. The summed E-state index contributed by atoms with van der Waals surface area (Å²) in [5.41, 5.74) is 0.320. The molecule has 0 spiro atoms. The zero-order valence-corrected chi connectivity index (χ0v) is 13.9. The standard InChI is InChI=1S/C16H18ClFN4O2/c1-2-3-4-8-19-16(24)22-9-7-14(21-22)15(23)20-13-6-5-11(18)10-12(13)17/h5-7,9-10H,2-4,8H2,1H3,(H,19,24)(H,20,23). The number of rotatable bonds is 6. The maximum atomic E-state index is 13.0. The molecule has 0 saturated carbocycles. The lowest BCUT2D eigenvalue weighted by Gasteiger charge is -2.06. The quantitative estimate of drug-likeness (QED) is 0.779. The van der Waals surface area contributed by atoms with Crippen molar-refractivity contribution in [3.63, 3.8) is 0 Å². The van der Waals surface area contributed by atoms with Crippen molar-refractivity contribution in [2.24, 2.45) is 0 Å². The van der Waals surface area contributed by atoms with E-state index in [-0.39, 0.29) is 16.4 Å². The molecule has 0 bridgehead atoms. The summed E-state index contributed by atoms with van der Waals surface area (Å²) in [5, 5.41) is 9.25. The van der Waals surface area contributed by atoms with Gasteiger partial charge in [-0.3, -0.25) is 4.79 Å². The van der Waals surface area contributed by atoms with Crippen LogP contribution in [0, 0.1) is 5.82 Å². The number of amides is 2. The van der Waals surface area contributed by atoms with Crippen LogP contribution in [0.25, 0.3) is 0 Å². The highest BCUT2D eigenvalue weighted by Crippen LogP contribution is 2.22. The molecule has 0 aliphatic heterocycles. The molecular weight excluding hydrogens is 335 g/mol. The van der Waals surface area contributed by atoms with E-state index >= 15 is 0 Å². The van der Waals surface area contributed by atoms with Gasteiger partial charge in [-0.05, 0) is 30.7 Å². The Morgan fingerprint density at radius 2 is 2.08 bits per heavy atom. The minimum absolute atomic E-state index is 0.0547. The molecule has 128 valence electrons. The Bertz CT molecular complexity index is 733. The lowest BCUT2D eigenvalue weighted by atomic mass is 10.2. The minimum atomic E-state index is -0.541. The van der Waals surface area contributed by atoms with Crippen LogP contribution in [-0.2, 0) is 0 Å². The summed E-state index contributed by atoms with van der Waals surface area (Å²) >= 11 is 5.86. The first-order valence-electron chi connectivity index (χ1n) is 7.61. The molecule has 0 saturated heterocycles. The Morgan fingerprint density at radius 3 is 2.79 bits per heavy atom. The molecule has 1 aromatic carbocycles. The van der Waals surface area contributed by atoms with Crippen LogP contribution in [0.1, 0.15) is 36.7 Å². The van der Waals surface area contributed by atoms with E-state index in [1.807, 2.05) is 0 Å². The number of unbranched alkanes of at least 4 members (excludes halogenated alkanes) is 2. The molecule has 1 heterocycles. The van der Waals surface area contributed by atoms with Gasteiger partial charge in [-0.25, -0.2) is 9.18 Å². The van der Waals surface area contributed by atoms with Gasteiger partial charge in [0, 0.05) is 12.7 Å². The van der Waals surface area contributed by atoms with Gasteiger partial charge in [0.1, 0.15) is 5.82 Å². The molecule has 2 N–H and O–H groups in total.